The predicted octanol–water partition coefficient (Wildman–Crippen LogP) is 3.72. The van der Waals surface area contributed by atoms with Gasteiger partial charge in [0.25, 0.3) is 0 Å². The molecule has 0 N–H and O–H groups in total. The summed E-state index contributed by atoms with van der Waals surface area (Å²) in [5.41, 5.74) is 4.82. The predicted molar refractivity (Wildman–Crippen MR) is 72.3 cm³/mol. The van der Waals surface area contributed by atoms with Gasteiger partial charge in [0.2, 0.25) is 0 Å². The monoisotopic (exact) mass is 229 g/mol. The fraction of sp³-hybridized carbons (Fsp3) is 0.625. The maximum Gasteiger partial charge on any atom is 0.0239 e. The quantitative estimate of drug-likeness (QED) is 0.747. The van der Waals surface area contributed by atoms with E-state index in [1.54, 1.807) is 16.7 Å². The summed E-state index contributed by atoms with van der Waals surface area (Å²) in [6.07, 6.45) is 5.57. The van der Waals surface area contributed by atoms with E-state index in [0.717, 1.165) is 6.04 Å². The van der Waals surface area contributed by atoms with E-state index < -0.39 is 0 Å². The SMILES string of the molecule is CC(C)c1cccc2c1CCN(C1CCC1)C2. The van der Waals surface area contributed by atoms with Crippen molar-refractivity contribution in [1.82, 2.24) is 4.90 Å². The Morgan fingerprint density at radius 1 is 1.24 bits per heavy atom. The Morgan fingerprint density at radius 3 is 2.71 bits per heavy atom. The third-order valence-electron chi connectivity index (χ3n) is 4.54. The van der Waals surface area contributed by atoms with Crippen LogP contribution in [0.5, 0.6) is 0 Å². The summed E-state index contributed by atoms with van der Waals surface area (Å²) < 4.78 is 0. The van der Waals surface area contributed by atoms with E-state index in [4.69, 9.17) is 0 Å². The van der Waals surface area contributed by atoms with Crippen molar-refractivity contribution in [1.29, 1.82) is 0 Å². The Balaban J connectivity index is 1.85. The number of fused-ring (bicyclic) bond motifs is 1. The second kappa shape index (κ2) is 4.45. The summed E-state index contributed by atoms with van der Waals surface area (Å²) in [4.78, 5) is 2.70. The lowest BCUT2D eigenvalue weighted by molar-refractivity contribution is 0.113. The molecule has 2 aliphatic rings. The average molecular weight is 229 g/mol. The first-order valence-corrected chi connectivity index (χ1v) is 7.10. The maximum atomic E-state index is 2.70. The minimum absolute atomic E-state index is 0.667. The molecule has 1 aromatic rings. The molecule has 1 saturated carbocycles. The van der Waals surface area contributed by atoms with E-state index in [1.165, 1.54) is 38.8 Å². The Kier molecular flexibility index (Phi) is 2.96. The van der Waals surface area contributed by atoms with Crippen molar-refractivity contribution in [2.45, 2.75) is 58.0 Å². The molecular formula is C16H23N. The number of rotatable bonds is 2. The second-order valence-electron chi connectivity index (χ2n) is 5.94. The first kappa shape index (κ1) is 11.3. The largest absolute Gasteiger partial charge is 0.296 e. The molecule has 0 spiro atoms. The first-order chi connectivity index (χ1) is 8.25. The second-order valence-corrected chi connectivity index (χ2v) is 5.94. The minimum atomic E-state index is 0.667. The molecule has 1 aromatic carbocycles. The molecule has 1 aliphatic carbocycles. The van der Waals surface area contributed by atoms with Crippen molar-refractivity contribution in [2.75, 3.05) is 6.54 Å². The van der Waals surface area contributed by atoms with E-state index in [1.807, 2.05) is 0 Å². The molecule has 0 radical (unpaired) electrons. The minimum Gasteiger partial charge on any atom is -0.296 e. The first-order valence-electron chi connectivity index (χ1n) is 7.10. The number of hydrogen-bond acceptors (Lipinski definition) is 1. The zero-order chi connectivity index (χ0) is 11.8. The molecule has 17 heavy (non-hydrogen) atoms. The lowest BCUT2D eigenvalue weighted by atomic mass is 9.85. The lowest BCUT2D eigenvalue weighted by Crippen LogP contribution is -2.43. The van der Waals surface area contributed by atoms with Gasteiger partial charge in [-0.15, -0.1) is 0 Å². The van der Waals surface area contributed by atoms with Crippen LogP contribution in [-0.2, 0) is 13.0 Å². The summed E-state index contributed by atoms with van der Waals surface area (Å²) in [6.45, 7) is 7.10. The molecule has 92 valence electrons. The van der Waals surface area contributed by atoms with Gasteiger partial charge in [0, 0.05) is 19.1 Å². The molecule has 1 heterocycles. The van der Waals surface area contributed by atoms with E-state index >= 15 is 0 Å². The van der Waals surface area contributed by atoms with Crippen LogP contribution in [-0.4, -0.2) is 17.5 Å². The van der Waals surface area contributed by atoms with E-state index in [9.17, 15) is 0 Å². The van der Waals surface area contributed by atoms with Gasteiger partial charge in [-0.25, -0.2) is 0 Å². The molecule has 0 atom stereocenters. The number of nitrogens with zero attached hydrogens (tertiary/aromatic N) is 1. The average Bonchev–Trinajstić information content (AvgIpc) is 2.25. The van der Waals surface area contributed by atoms with Crippen LogP contribution in [0.4, 0.5) is 0 Å². The van der Waals surface area contributed by atoms with E-state index in [2.05, 4.69) is 36.9 Å². The van der Waals surface area contributed by atoms with E-state index in [0.29, 0.717) is 5.92 Å². The molecule has 1 heteroatoms. The van der Waals surface area contributed by atoms with Gasteiger partial charge >= 0.3 is 0 Å². The van der Waals surface area contributed by atoms with E-state index in [-0.39, 0.29) is 0 Å². The fourth-order valence-corrected chi connectivity index (χ4v) is 3.27. The summed E-state index contributed by atoms with van der Waals surface area (Å²) in [5.74, 6) is 0.667. The molecule has 0 aromatic heterocycles. The van der Waals surface area contributed by atoms with Crippen LogP contribution in [0.2, 0.25) is 0 Å². The van der Waals surface area contributed by atoms with Crippen LogP contribution < -0.4 is 0 Å². The van der Waals surface area contributed by atoms with Crippen molar-refractivity contribution < 1.29 is 0 Å². The smallest absolute Gasteiger partial charge is 0.0239 e. The Hall–Kier alpha value is -0.820. The van der Waals surface area contributed by atoms with Crippen molar-refractivity contribution >= 4 is 0 Å². The Bertz CT molecular complexity index is 404. The fourth-order valence-electron chi connectivity index (χ4n) is 3.27. The van der Waals surface area contributed by atoms with Crippen LogP contribution in [0.1, 0.15) is 55.7 Å². The van der Waals surface area contributed by atoms with Gasteiger partial charge in [-0.3, -0.25) is 4.90 Å². The van der Waals surface area contributed by atoms with Gasteiger partial charge in [-0.1, -0.05) is 38.5 Å². The highest BCUT2D eigenvalue weighted by Gasteiger charge is 2.28. The van der Waals surface area contributed by atoms with Gasteiger partial charge in [0.05, 0.1) is 0 Å². The summed E-state index contributed by atoms with van der Waals surface area (Å²) in [5, 5.41) is 0. The van der Waals surface area contributed by atoms with Crippen molar-refractivity contribution in [3.63, 3.8) is 0 Å². The van der Waals surface area contributed by atoms with Crippen LogP contribution in [0.15, 0.2) is 18.2 Å². The third kappa shape index (κ3) is 2.01. The summed E-state index contributed by atoms with van der Waals surface area (Å²) >= 11 is 0. The Morgan fingerprint density at radius 2 is 2.06 bits per heavy atom. The third-order valence-corrected chi connectivity index (χ3v) is 4.54. The van der Waals surface area contributed by atoms with Gasteiger partial charge < -0.3 is 0 Å². The highest BCUT2D eigenvalue weighted by atomic mass is 15.2. The standard InChI is InChI=1S/C16H23N/c1-12(2)15-8-3-5-13-11-17(10-9-16(13)15)14-6-4-7-14/h3,5,8,12,14H,4,6-7,9-11H2,1-2H3. The molecule has 1 aliphatic heterocycles. The molecule has 1 nitrogen and oxygen atoms in total. The van der Waals surface area contributed by atoms with Gasteiger partial charge in [0.1, 0.15) is 0 Å². The zero-order valence-electron chi connectivity index (χ0n) is 11.1. The van der Waals surface area contributed by atoms with Crippen LogP contribution in [0.3, 0.4) is 0 Å². The van der Waals surface area contributed by atoms with Crippen molar-refractivity contribution in [2.24, 2.45) is 0 Å². The molecule has 0 unspecified atom stereocenters. The molecule has 1 fully saturated rings. The van der Waals surface area contributed by atoms with Crippen LogP contribution in [0, 0.1) is 0 Å². The highest BCUT2D eigenvalue weighted by Crippen LogP contribution is 2.32. The lowest BCUT2D eigenvalue weighted by Gasteiger charge is -2.41. The zero-order valence-corrected chi connectivity index (χ0v) is 11.1. The van der Waals surface area contributed by atoms with Crippen LogP contribution >= 0.6 is 0 Å². The summed E-state index contributed by atoms with van der Waals surface area (Å²) in [7, 11) is 0. The normalized spacial score (nSPS) is 21.4. The summed E-state index contributed by atoms with van der Waals surface area (Å²) in [6, 6.07) is 7.80. The molecule has 0 amide bonds. The van der Waals surface area contributed by atoms with Crippen molar-refractivity contribution in [3.8, 4) is 0 Å². The number of hydrogen-bond donors (Lipinski definition) is 0. The van der Waals surface area contributed by atoms with Gasteiger partial charge in [0.15, 0.2) is 0 Å². The highest BCUT2D eigenvalue weighted by molar-refractivity contribution is 5.38. The Labute approximate surface area is 105 Å². The topological polar surface area (TPSA) is 3.24 Å². The molecule has 0 saturated heterocycles. The molecule has 0 bridgehead atoms. The maximum absolute atomic E-state index is 2.70. The van der Waals surface area contributed by atoms with Gasteiger partial charge in [-0.2, -0.15) is 0 Å². The molecular weight excluding hydrogens is 206 g/mol. The number of benzene rings is 1. The van der Waals surface area contributed by atoms with Crippen LogP contribution in [0.25, 0.3) is 0 Å². The van der Waals surface area contributed by atoms with Gasteiger partial charge in [-0.05, 0) is 41.9 Å². The molecule has 3 rings (SSSR count). The van der Waals surface area contributed by atoms with Crippen molar-refractivity contribution in [3.05, 3.63) is 34.9 Å².